The number of hydrogen-bond acceptors (Lipinski definition) is 5. The van der Waals surface area contributed by atoms with Crippen molar-refractivity contribution in [3.05, 3.63) is 118 Å². The summed E-state index contributed by atoms with van der Waals surface area (Å²) < 4.78 is 18.8. The number of nitrogens with one attached hydrogen (secondary N) is 1. The first-order valence-electron chi connectivity index (χ1n) is 10.5. The van der Waals surface area contributed by atoms with E-state index in [0.717, 1.165) is 16.0 Å². The average Bonchev–Trinajstić information content (AvgIpc) is 3.30. The molecule has 0 aliphatic rings. The van der Waals surface area contributed by atoms with Gasteiger partial charge < -0.3 is 4.74 Å². The molecule has 0 saturated carbocycles. The van der Waals surface area contributed by atoms with Crippen LogP contribution in [0, 0.1) is 17.1 Å². The normalized spacial score (nSPS) is 11.0. The zero-order valence-corrected chi connectivity index (χ0v) is 18.9. The Morgan fingerprint density at radius 1 is 1.03 bits per heavy atom. The van der Waals surface area contributed by atoms with E-state index >= 15 is 0 Å². The minimum Gasteiger partial charge on any atom is -0.489 e. The number of nitriles is 1. The number of thiazole rings is 1. The maximum atomic E-state index is 13.1. The van der Waals surface area contributed by atoms with Gasteiger partial charge in [-0.25, -0.2) is 9.37 Å². The van der Waals surface area contributed by atoms with Gasteiger partial charge in [-0.05, 0) is 47.0 Å². The van der Waals surface area contributed by atoms with Gasteiger partial charge in [-0.15, -0.1) is 11.3 Å². The average molecular weight is 470 g/mol. The maximum absolute atomic E-state index is 13.1. The third-order valence-corrected chi connectivity index (χ3v) is 5.78. The van der Waals surface area contributed by atoms with Crippen LogP contribution in [0.15, 0.2) is 90.6 Å². The standard InChI is InChI=1S/C27H20FN3O2S/c28-23-10-6-20(7-11-23)15-25-17-30-27(34-25)31-26(32)22(16-29)14-19-8-12-24(13-9-19)33-18-21-4-2-1-3-5-21/h1-14,17H,15,18H2,(H,30,31,32). The monoisotopic (exact) mass is 469 g/mol. The van der Waals surface area contributed by atoms with Gasteiger partial charge in [0.1, 0.15) is 29.8 Å². The minimum atomic E-state index is -0.533. The Balaban J connectivity index is 1.35. The molecule has 3 aromatic carbocycles. The smallest absolute Gasteiger partial charge is 0.268 e. The summed E-state index contributed by atoms with van der Waals surface area (Å²) in [6.07, 6.45) is 3.75. The molecule has 7 heteroatoms. The first-order chi connectivity index (χ1) is 16.6. The molecule has 1 aromatic heterocycles. The van der Waals surface area contributed by atoms with Gasteiger partial charge in [0.15, 0.2) is 5.13 Å². The number of hydrogen-bond donors (Lipinski definition) is 1. The number of carbonyl (C=O) groups excluding carboxylic acids is 1. The molecule has 0 bridgehead atoms. The molecule has 1 N–H and O–H groups in total. The number of nitrogens with zero attached hydrogens (tertiary/aromatic N) is 2. The second-order valence-electron chi connectivity index (χ2n) is 7.40. The fourth-order valence-corrected chi connectivity index (χ4v) is 3.97. The van der Waals surface area contributed by atoms with Gasteiger partial charge in [0.25, 0.3) is 5.91 Å². The predicted molar refractivity (Wildman–Crippen MR) is 131 cm³/mol. The highest BCUT2D eigenvalue weighted by Crippen LogP contribution is 2.22. The van der Waals surface area contributed by atoms with Gasteiger partial charge in [-0.2, -0.15) is 5.26 Å². The van der Waals surface area contributed by atoms with Crippen molar-refractivity contribution in [3.8, 4) is 11.8 Å². The van der Waals surface area contributed by atoms with Crippen LogP contribution in [0.2, 0.25) is 0 Å². The zero-order valence-electron chi connectivity index (χ0n) is 18.1. The van der Waals surface area contributed by atoms with Gasteiger partial charge in [0.05, 0.1) is 0 Å². The van der Waals surface area contributed by atoms with E-state index in [-0.39, 0.29) is 11.4 Å². The number of carbonyl (C=O) groups is 1. The lowest BCUT2D eigenvalue weighted by Gasteiger charge is -2.06. The third kappa shape index (κ3) is 6.37. The van der Waals surface area contributed by atoms with Gasteiger partial charge in [0, 0.05) is 17.5 Å². The number of aromatic nitrogens is 1. The predicted octanol–water partition coefficient (Wildman–Crippen LogP) is 6.00. The Kier molecular flexibility index (Phi) is 7.43. The molecule has 5 nitrogen and oxygen atoms in total. The van der Waals surface area contributed by atoms with Crippen molar-refractivity contribution in [1.82, 2.24) is 4.98 Å². The Morgan fingerprint density at radius 3 is 2.47 bits per heavy atom. The van der Waals surface area contributed by atoms with Crippen LogP contribution in [0.1, 0.15) is 21.6 Å². The number of rotatable bonds is 8. The van der Waals surface area contributed by atoms with Crippen molar-refractivity contribution in [1.29, 1.82) is 5.26 Å². The van der Waals surface area contributed by atoms with E-state index in [1.807, 2.05) is 36.4 Å². The third-order valence-electron chi connectivity index (χ3n) is 4.87. The molecule has 0 fully saturated rings. The summed E-state index contributed by atoms with van der Waals surface area (Å²) in [4.78, 5) is 17.7. The van der Waals surface area contributed by atoms with Crippen LogP contribution >= 0.6 is 11.3 Å². The molecule has 0 spiro atoms. The summed E-state index contributed by atoms with van der Waals surface area (Å²) >= 11 is 1.31. The van der Waals surface area contributed by atoms with Crippen molar-refractivity contribution in [3.63, 3.8) is 0 Å². The number of anilines is 1. The molecule has 1 amide bonds. The van der Waals surface area contributed by atoms with Gasteiger partial charge in [0.2, 0.25) is 0 Å². The van der Waals surface area contributed by atoms with E-state index in [4.69, 9.17) is 4.74 Å². The van der Waals surface area contributed by atoms with Crippen LogP contribution < -0.4 is 10.1 Å². The molecule has 0 aliphatic heterocycles. The highest BCUT2D eigenvalue weighted by Gasteiger charge is 2.12. The van der Waals surface area contributed by atoms with Crippen LogP contribution in [-0.2, 0) is 17.8 Å². The molecule has 1 heterocycles. The second-order valence-corrected chi connectivity index (χ2v) is 8.52. The lowest BCUT2D eigenvalue weighted by molar-refractivity contribution is -0.112. The molecular formula is C27H20FN3O2S. The van der Waals surface area contributed by atoms with Crippen molar-refractivity contribution in [2.45, 2.75) is 13.0 Å². The maximum Gasteiger partial charge on any atom is 0.268 e. The van der Waals surface area contributed by atoms with Crippen LogP contribution in [0.25, 0.3) is 6.08 Å². The van der Waals surface area contributed by atoms with Crippen LogP contribution in [-0.4, -0.2) is 10.9 Å². The van der Waals surface area contributed by atoms with E-state index in [1.54, 1.807) is 42.6 Å². The Bertz CT molecular complexity index is 1330. The highest BCUT2D eigenvalue weighted by atomic mass is 32.1. The van der Waals surface area contributed by atoms with Crippen molar-refractivity contribution >= 4 is 28.5 Å². The Labute approximate surface area is 200 Å². The van der Waals surface area contributed by atoms with E-state index in [1.165, 1.54) is 29.5 Å². The summed E-state index contributed by atoms with van der Waals surface area (Å²) in [5.41, 5.74) is 2.68. The molecule has 4 aromatic rings. The number of benzene rings is 3. The van der Waals surface area contributed by atoms with Crippen molar-refractivity contribution < 1.29 is 13.9 Å². The fourth-order valence-electron chi connectivity index (χ4n) is 3.13. The first-order valence-corrected chi connectivity index (χ1v) is 11.3. The molecule has 0 radical (unpaired) electrons. The number of halogens is 1. The molecule has 0 saturated heterocycles. The molecule has 0 unspecified atom stereocenters. The van der Waals surface area contributed by atoms with Crippen LogP contribution in [0.5, 0.6) is 5.75 Å². The lowest BCUT2D eigenvalue weighted by atomic mass is 10.1. The van der Waals surface area contributed by atoms with Gasteiger partial charge >= 0.3 is 0 Å². The minimum absolute atomic E-state index is 0.0340. The highest BCUT2D eigenvalue weighted by molar-refractivity contribution is 7.15. The largest absolute Gasteiger partial charge is 0.489 e. The molecular weight excluding hydrogens is 449 g/mol. The van der Waals surface area contributed by atoms with Gasteiger partial charge in [-0.3, -0.25) is 10.1 Å². The number of amides is 1. The SMILES string of the molecule is N#CC(=Cc1ccc(OCc2ccccc2)cc1)C(=O)Nc1ncc(Cc2ccc(F)cc2)s1. The van der Waals surface area contributed by atoms with E-state index in [2.05, 4.69) is 10.3 Å². The lowest BCUT2D eigenvalue weighted by Crippen LogP contribution is -2.13. The van der Waals surface area contributed by atoms with E-state index < -0.39 is 5.91 Å². The summed E-state index contributed by atoms with van der Waals surface area (Å²) in [6, 6.07) is 25.2. The second kappa shape index (κ2) is 11.0. The van der Waals surface area contributed by atoms with E-state index in [0.29, 0.717) is 29.5 Å². The molecule has 0 atom stereocenters. The topological polar surface area (TPSA) is 75.0 Å². The van der Waals surface area contributed by atoms with Crippen molar-refractivity contribution in [2.24, 2.45) is 0 Å². The number of ether oxygens (including phenoxy) is 1. The molecule has 0 aliphatic carbocycles. The van der Waals surface area contributed by atoms with Crippen molar-refractivity contribution in [2.75, 3.05) is 5.32 Å². The zero-order chi connectivity index (χ0) is 23.8. The van der Waals surface area contributed by atoms with Crippen LogP contribution in [0.4, 0.5) is 9.52 Å². The molecule has 168 valence electrons. The summed E-state index contributed by atoms with van der Waals surface area (Å²) in [5, 5.41) is 12.5. The first kappa shape index (κ1) is 22.9. The quantitative estimate of drug-likeness (QED) is 0.254. The Morgan fingerprint density at radius 2 is 1.76 bits per heavy atom. The van der Waals surface area contributed by atoms with E-state index in [9.17, 15) is 14.4 Å². The van der Waals surface area contributed by atoms with Gasteiger partial charge in [-0.1, -0.05) is 54.6 Å². The molecule has 4 rings (SSSR count). The Hall–Kier alpha value is -4.28. The molecule has 34 heavy (non-hydrogen) atoms. The fraction of sp³-hybridized carbons (Fsp3) is 0.0741. The van der Waals surface area contributed by atoms with Crippen LogP contribution in [0.3, 0.4) is 0 Å². The summed E-state index contributed by atoms with van der Waals surface area (Å²) in [6.45, 7) is 0.457. The summed E-state index contributed by atoms with van der Waals surface area (Å²) in [5.74, 6) is -0.124. The summed E-state index contributed by atoms with van der Waals surface area (Å²) in [7, 11) is 0.